The zero-order valence-electron chi connectivity index (χ0n) is 18.5. The van der Waals surface area contributed by atoms with E-state index >= 15 is 0 Å². The second kappa shape index (κ2) is 8.21. The van der Waals surface area contributed by atoms with E-state index in [1.54, 1.807) is 12.1 Å². The van der Waals surface area contributed by atoms with E-state index < -0.39 is 41.2 Å². The van der Waals surface area contributed by atoms with Crippen LogP contribution in [0.1, 0.15) is 29.5 Å². The first-order valence-corrected chi connectivity index (χ1v) is 11.6. The number of amides is 3. The highest BCUT2D eigenvalue weighted by Crippen LogP contribution is 2.54. The van der Waals surface area contributed by atoms with Crippen LogP contribution < -0.4 is 10.6 Å². The fraction of sp³-hybridized carbons (Fsp3) is 0.360. The number of fused-ring (bicyclic) bond motifs is 4. The lowest BCUT2D eigenvalue weighted by atomic mass is 9.76. The molecule has 3 heterocycles. The van der Waals surface area contributed by atoms with Crippen molar-refractivity contribution in [2.24, 2.45) is 11.8 Å². The van der Waals surface area contributed by atoms with Crippen molar-refractivity contribution >= 4 is 41.0 Å². The number of carbonyl (C=O) groups excluding carboxylic acids is 3. The number of likely N-dealkylation sites (tertiary alicyclic amines) is 1. The number of carboxylic acid groups (broad SMARTS) is 1. The third-order valence-electron chi connectivity index (χ3n) is 7.21. The van der Waals surface area contributed by atoms with E-state index in [-0.39, 0.29) is 25.3 Å². The lowest BCUT2D eigenvalue weighted by molar-refractivity contribution is -0.143. The zero-order valence-corrected chi connectivity index (χ0v) is 19.3. The van der Waals surface area contributed by atoms with Gasteiger partial charge >= 0.3 is 5.97 Å². The van der Waals surface area contributed by atoms with Crippen molar-refractivity contribution < 1.29 is 24.3 Å². The van der Waals surface area contributed by atoms with E-state index in [1.165, 1.54) is 4.90 Å². The van der Waals surface area contributed by atoms with Crippen LogP contribution in [0.15, 0.2) is 42.5 Å². The fourth-order valence-electron chi connectivity index (χ4n) is 5.73. The average molecular weight is 482 g/mol. The molecule has 4 atom stereocenters. The van der Waals surface area contributed by atoms with E-state index in [9.17, 15) is 24.3 Å². The quantitative estimate of drug-likeness (QED) is 0.546. The predicted octanol–water partition coefficient (Wildman–Crippen LogP) is 2.48. The number of imide groups is 1. The summed E-state index contributed by atoms with van der Waals surface area (Å²) >= 11 is 6.32. The van der Waals surface area contributed by atoms with Gasteiger partial charge in [-0.1, -0.05) is 41.9 Å². The second-order valence-electron chi connectivity index (χ2n) is 9.16. The van der Waals surface area contributed by atoms with Crippen LogP contribution in [0.25, 0.3) is 0 Å². The van der Waals surface area contributed by atoms with Crippen molar-refractivity contribution in [2.45, 2.75) is 37.8 Å². The second-order valence-corrected chi connectivity index (χ2v) is 9.59. The van der Waals surface area contributed by atoms with Crippen molar-refractivity contribution in [3.8, 4) is 0 Å². The Morgan fingerprint density at radius 3 is 2.59 bits per heavy atom. The third-order valence-corrected chi connectivity index (χ3v) is 7.43. The molecule has 2 fully saturated rings. The van der Waals surface area contributed by atoms with Gasteiger partial charge in [-0.15, -0.1) is 0 Å². The highest BCUT2D eigenvalue weighted by atomic mass is 35.5. The van der Waals surface area contributed by atoms with Gasteiger partial charge in [0.2, 0.25) is 17.7 Å². The van der Waals surface area contributed by atoms with Crippen LogP contribution in [-0.2, 0) is 31.1 Å². The summed E-state index contributed by atoms with van der Waals surface area (Å²) in [4.78, 5) is 53.3. The topological polar surface area (TPSA) is 116 Å². The molecule has 0 saturated carbocycles. The van der Waals surface area contributed by atoms with Crippen molar-refractivity contribution in [3.63, 3.8) is 0 Å². The summed E-state index contributed by atoms with van der Waals surface area (Å²) < 4.78 is 0. The Kier molecular flexibility index (Phi) is 5.45. The number of halogens is 1. The number of hydrogen-bond acceptors (Lipinski definition) is 5. The van der Waals surface area contributed by atoms with Crippen molar-refractivity contribution in [1.29, 1.82) is 0 Å². The molecule has 3 aliphatic rings. The van der Waals surface area contributed by atoms with Gasteiger partial charge in [0.1, 0.15) is 5.54 Å². The number of carboxylic acids is 1. The molecule has 0 radical (unpaired) electrons. The molecule has 2 saturated heterocycles. The number of carbonyl (C=O) groups is 4. The van der Waals surface area contributed by atoms with Gasteiger partial charge in [-0.25, -0.2) is 0 Å². The van der Waals surface area contributed by atoms with E-state index in [1.807, 2.05) is 37.3 Å². The summed E-state index contributed by atoms with van der Waals surface area (Å²) in [5, 5.41) is 15.8. The summed E-state index contributed by atoms with van der Waals surface area (Å²) in [7, 11) is 0. The Morgan fingerprint density at radius 2 is 1.88 bits per heavy atom. The monoisotopic (exact) mass is 481 g/mol. The number of hydrogen-bond donors (Lipinski definition) is 3. The number of benzene rings is 2. The first-order valence-electron chi connectivity index (χ1n) is 11.2. The van der Waals surface area contributed by atoms with E-state index in [0.29, 0.717) is 22.7 Å². The Balaban J connectivity index is 1.55. The minimum atomic E-state index is -1.48. The summed E-state index contributed by atoms with van der Waals surface area (Å²) in [6.07, 6.45) is 0.420. The molecule has 0 bridgehead atoms. The highest BCUT2D eigenvalue weighted by Gasteiger charge is 2.70. The molecule has 0 aliphatic carbocycles. The molecule has 0 aromatic heterocycles. The van der Waals surface area contributed by atoms with Crippen LogP contribution in [-0.4, -0.2) is 46.3 Å². The van der Waals surface area contributed by atoms with E-state index in [2.05, 4.69) is 10.6 Å². The SMILES string of the molecule is Cc1cc(Cl)cc2c1NC(=O)[C@]21N[C@@H](CCC(=O)O)[C@H]2C(=O)N(CCc3ccccc3)C(=O)[C@H]21. The van der Waals surface area contributed by atoms with Crippen LogP contribution >= 0.6 is 11.6 Å². The maximum Gasteiger partial charge on any atom is 0.303 e. The number of aliphatic carboxylic acids is 1. The molecule has 176 valence electrons. The minimum Gasteiger partial charge on any atom is -0.481 e. The number of nitrogens with zero attached hydrogens (tertiary/aromatic N) is 1. The van der Waals surface area contributed by atoms with Gasteiger partial charge in [0.25, 0.3) is 0 Å². The molecule has 5 rings (SSSR count). The summed E-state index contributed by atoms with van der Waals surface area (Å²) in [5.41, 5.74) is 1.36. The Labute approximate surface area is 201 Å². The van der Waals surface area contributed by atoms with E-state index in [4.69, 9.17) is 11.6 Å². The number of nitrogens with one attached hydrogen (secondary N) is 2. The van der Waals surface area contributed by atoms with Crippen molar-refractivity contribution in [2.75, 3.05) is 11.9 Å². The van der Waals surface area contributed by atoms with E-state index in [0.717, 1.165) is 11.1 Å². The largest absolute Gasteiger partial charge is 0.481 e. The molecule has 1 spiro atoms. The van der Waals surface area contributed by atoms with Gasteiger partial charge in [0.05, 0.1) is 11.8 Å². The minimum absolute atomic E-state index is 0.117. The maximum absolute atomic E-state index is 13.7. The van der Waals surface area contributed by atoms with Crippen LogP contribution in [0.4, 0.5) is 5.69 Å². The van der Waals surface area contributed by atoms with Gasteiger partial charge in [-0.2, -0.15) is 0 Å². The summed E-state index contributed by atoms with van der Waals surface area (Å²) in [6, 6.07) is 12.3. The maximum atomic E-state index is 13.7. The van der Waals surface area contributed by atoms with Gasteiger partial charge in [-0.3, -0.25) is 29.4 Å². The number of aryl methyl sites for hydroxylation is 1. The Hall–Kier alpha value is -3.23. The molecule has 0 unspecified atom stereocenters. The van der Waals surface area contributed by atoms with Crippen molar-refractivity contribution in [3.05, 3.63) is 64.2 Å². The molecule has 34 heavy (non-hydrogen) atoms. The van der Waals surface area contributed by atoms with Crippen molar-refractivity contribution in [1.82, 2.24) is 10.2 Å². The molecule has 8 nitrogen and oxygen atoms in total. The first-order chi connectivity index (χ1) is 16.2. The zero-order chi connectivity index (χ0) is 24.2. The van der Waals surface area contributed by atoms with Crippen LogP contribution in [0, 0.1) is 18.8 Å². The van der Waals surface area contributed by atoms with Crippen LogP contribution in [0.2, 0.25) is 5.02 Å². The lowest BCUT2D eigenvalue weighted by Gasteiger charge is -2.29. The molecular weight excluding hydrogens is 458 g/mol. The van der Waals surface area contributed by atoms with Gasteiger partial charge in [0.15, 0.2) is 0 Å². The van der Waals surface area contributed by atoms with Gasteiger partial charge in [-0.05, 0) is 43.0 Å². The molecule has 3 N–H and O–H groups in total. The van der Waals surface area contributed by atoms with Crippen LogP contribution in [0.5, 0.6) is 0 Å². The first kappa shape index (κ1) is 22.6. The lowest BCUT2D eigenvalue weighted by Crippen LogP contribution is -2.53. The predicted molar refractivity (Wildman–Crippen MR) is 124 cm³/mol. The highest BCUT2D eigenvalue weighted by molar-refractivity contribution is 6.31. The molecular formula is C25H24ClN3O5. The molecule has 2 aromatic rings. The standard InChI is InChI=1S/C25H24ClN3O5/c1-13-11-15(26)12-16-21(13)27-24(34)25(16)20-19(17(28-25)7-8-18(30)31)22(32)29(23(20)33)10-9-14-5-3-2-4-6-14/h2-6,11-12,17,19-20,28H,7-10H2,1H3,(H,27,34)(H,30,31)/t17-,19+,20-,25-/m0/s1. The number of anilines is 1. The van der Waals surface area contributed by atoms with Gasteiger partial charge in [0, 0.05) is 35.3 Å². The molecule has 3 amide bonds. The molecule has 9 heteroatoms. The summed E-state index contributed by atoms with van der Waals surface area (Å²) in [6.45, 7) is 2.01. The Morgan fingerprint density at radius 1 is 1.15 bits per heavy atom. The number of rotatable bonds is 6. The van der Waals surface area contributed by atoms with Gasteiger partial charge < -0.3 is 10.4 Å². The Bertz CT molecular complexity index is 1220. The molecule has 3 aliphatic heterocycles. The molecule has 2 aromatic carbocycles. The summed E-state index contributed by atoms with van der Waals surface area (Å²) in [5.74, 6) is -4.03. The average Bonchev–Trinajstić information content (AvgIpc) is 3.37. The normalized spacial score (nSPS) is 27.3. The smallest absolute Gasteiger partial charge is 0.303 e. The fourth-order valence-corrected chi connectivity index (χ4v) is 6.00. The van der Waals surface area contributed by atoms with Crippen LogP contribution in [0.3, 0.4) is 0 Å². The third kappa shape index (κ3) is 3.32.